The zero-order valence-corrected chi connectivity index (χ0v) is 17.0. The number of amides is 1. The topological polar surface area (TPSA) is 42.0 Å². The molecule has 1 aliphatic rings. The van der Waals surface area contributed by atoms with Gasteiger partial charge in [-0.05, 0) is 26.2 Å². The Kier molecular flexibility index (Phi) is 12.1. The summed E-state index contributed by atoms with van der Waals surface area (Å²) >= 11 is 0. The molecule has 0 radical (unpaired) electrons. The maximum atomic E-state index is 12.1. The highest BCUT2D eigenvalue weighted by molar-refractivity contribution is 5.77. The summed E-state index contributed by atoms with van der Waals surface area (Å²) in [5.74, 6) is 0.920. The molecule has 0 bridgehead atoms. The minimum Gasteiger partial charge on any atom is -0.379 e. The van der Waals surface area contributed by atoms with E-state index in [0.29, 0.717) is 19.3 Å². The van der Waals surface area contributed by atoms with Crippen LogP contribution in [0.25, 0.3) is 0 Å². The number of carbonyl (C=O) groups excluding carboxylic acids is 1. The van der Waals surface area contributed by atoms with E-state index >= 15 is 0 Å². The van der Waals surface area contributed by atoms with Crippen LogP contribution >= 0.6 is 0 Å². The van der Waals surface area contributed by atoms with Crippen molar-refractivity contribution >= 4 is 5.91 Å². The summed E-state index contributed by atoms with van der Waals surface area (Å²) in [7, 11) is 0. The molecule has 25 heavy (non-hydrogen) atoms. The summed E-state index contributed by atoms with van der Waals surface area (Å²) in [5, 5.41) is 0. The lowest BCUT2D eigenvalue weighted by Crippen LogP contribution is -2.51. The molecule has 0 spiro atoms. The molecule has 5 heteroatoms. The van der Waals surface area contributed by atoms with E-state index < -0.39 is 0 Å². The van der Waals surface area contributed by atoms with E-state index in [-0.39, 0.29) is 12.5 Å². The van der Waals surface area contributed by atoms with Gasteiger partial charge in [0.05, 0.1) is 13.2 Å². The number of hydrogen-bond donors (Lipinski definition) is 0. The molecule has 0 aromatic carbocycles. The molecule has 1 amide bonds. The molecule has 0 aromatic rings. The highest BCUT2D eigenvalue weighted by Gasteiger charge is 2.22. The van der Waals surface area contributed by atoms with Crippen LogP contribution < -0.4 is 0 Å². The number of hydrogen-bond acceptors (Lipinski definition) is 4. The monoisotopic (exact) mass is 356 g/mol. The minimum absolute atomic E-state index is 0.105. The predicted octanol–water partition coefficient (Wildman–Crippen LogP) is 3.18. The van der Waals surface area contributed by atoms with Crippen molar-refractivity contribution < 1.29 is 14.3 Å². The van der Waals surface area contributed by atoms with E-state index in [1.807, 2.05) is 4.90 Å². The van der Waals surface area contributed by atoms with Crippen LogP contribution in [-0.2, 0) is 14.3 Å². The van der Waals surface area contributed by atoms with E-state index in [0.717, 1.165) is 45.1 Å². The van der Waals surface area contributed by atoms with E-state index in [1.54, 1.807) is 0 Å². The Labute approximate surface area is 155 Å². The molecule has 0 atom stereocenters. The predicted molar refractivity (Wildman–Crippen MR) is 103 cm³/mol. The fourth-order valence-corrected chi connectivity index (χ4v) is 3.07. The van der Waals surface area contributed by atoms with Crippen molar-refractivity contribution in [1.82, 2.24) is 9.80 Å². The van der Waals surface area contributed by atoms with Gasteiger partial charge in [-0.2, -0.15) is 0 Å². The van der Waals surface area contributed by atoms with Crippen LogP contribution in [0.4, 0.5) is 0 Å². The highest BCUT2D eigenvalue weighted by Crippen LogP contribution is 2.09. The van der Waals surface area contributed by atoms with Gasteiger partial charge in [-0.15, -0.1) is 0 Å². The molecule has 1 rings (SSSR count). The Morgan fingerprint density at radius 2 is 1.48 bits per heavy atom. The summed E-state index contributed by atoms with van der Waals surface area (Å²) in [4.78, 5) is 16.4. The van der Waals surface area contributed by atoms with Crippen LogP contribution in [-0.4, -0.2) is 74.4 Å². The molecule has 0 saturated carbocycles. The van der Waals surface area contributed by atoms with Crippen LogP contribution in [0.15, 0.2) is 0 Å². The lowest BCUT2D eigenvalue weighted by Gasteiger charge is -2.36. The van der Waals surface area contributed by atoms with E-state index in [2.05, 4.69) is 32.6 Å². The molecule has 1 aliphatic heterocycles. The standard InChI is InChI=1S/C20H40N2O3/c1-18(2)9-7-5-6-8-14-24-15-16-25-17-20(23)22-12-10-21(11-13-22)19(3)4/h18-19H,5-17H2,1-4H3. The summed E-state index contributed by atoms with van der Waals surface area (Å²) in [6.45, 7) is 14.6. The van der Waals surface area contributed by atoms with Gasteiger partial charge >= 0.3 is 0 Å². The first-order valence-electron chi connectivity index (χ1n) is 10.2. The van der Waals surface area contributed by atoms with Crippen molar-refractivity contribution in [2.45, 2.75) is 65.8 Å². The maximum absolute atomic E-state index is 12.1. The molecule has 148 valence electrons. The normalized spacial score (nSPS) is 16.2. The molecular formula is C20H40N2O3. The molecule has 0 aromatic heterocycles. The first kappa shape index (κ1) is 22.4. The largest absolute Gasteiger partial charge is 0.379 e. The first-order valence-corrected chi connectivity index (χ1v) is 10.2. The summed E-state index contributed by atoms with van der Waals surface area (Å²) < 4.78 is 11.0. The third-order valence-corrected chi connectivity index (χ3v) is 4.81. The Bertz CT molecular complexity index is 340. The average Bonchev–Trinajstić information content (AvgIpc) is 2.59. The van der Waals surface area contributed by atoms with Crippen molar-refractivity contribution in [2.75, 3.05) is 52.6 Å². The fourth-order valence-electron chi connectivity index (χ4n) is 3.07. The van der Waals surface area contributed by atoms with Crippen molar-refractivity contribution in [1.29, 1.82) is 0 Å². The summed E-state index contributed by atoms with van der Waals surface area (Å²) in [5.41, 5.74) is 0. The SMILES string of the molecule is CC(C)CCCCCCOCCOCC(=O)N1CCN(C(C)C)CC1. The number of piperazine rings is 1. The van der Waals surface area contributed by atoms with E-state index in [4.69, 9.17) is 9.47 Å². The molecule has 1 heterocycles. The smallest absolute Gasteiger partial charge is 0.248 e. The molecule has 0 N–H and O–H groups in total. The van der Waals surface area contributed by atoms with Crippen LogP contribution in [0.1, 0.15) is 59.8 Å². The number of carbonyl (C=O) groups is 1. The van der Waals surface area contributed by atoms with Gasteiger partial charge in [0.2, 0.25) is 5.91 Å². The number of rotatable bonds is 13. The average molecular weight is 357 g/mol. The van der Waals surface area contributed by atoms with Gasteiger partial charge < -0.3 is 14.4 Å². The van der Waals surface area contributed by atoms with Crippen LogP contribution in [0.2, 0.25) is 0 Å². The molecular weight excluding hydrogens is 316 g/mol. The lowest BCUT2D eigenvalue weighted by atomic mass is 10.0. The molecule has 0 unspecified atom stereocenters. The Balaban J connectivity index is 1.89. The van der Waals surface area contributed by atoms with Gasteiger partial charge in [-0.25, -0.2) is 0 Å². The molecule has 1 fully saturated rings. The zero-order chi connectivity index (χ0) is 18.5. The van der Waals surface area contributed by atoms with Crippen molar-refractivity contribution in [3.8, 4) is 0 Å². The lowest BCUT2D eigenvalue weighted by molar-refractivity contribution is -0.138. The Hall–Kier alpha value is -0.650. The van der Waals surface area contributed by atoms with Crippen molar-refractivity contribution in [2.24, 2.45) is 5.92 Å². The van der Waals surface area contributed by atoms with Gasteiger partial charge in [-0.3, -0.25) is 9.69 Å². The van der Waals surface area contributed by atoms with Gasteiger partial charge in [-0.1, -0.05) is 39.5 Å². The second-order valence-corrected chi connectivity index (χ2v) is 7.77. The fraction of sp³-hybridized carbons (Fsp3) is 0.950. The van der Waals surface area contributed by atoms with Gasteiger partial charge in [0.25, 0.3) is 0 Å². The third-order valence-electron chi connectivity index (χ3n) is 4.81. The summed E-state index contributed by atoms with van der Waals surface area (Å²) in [6.07, 6.45) is 6.33. The van der Waals surface area contributed by atoms with Crippen LogP contribution in [0.3, 0.4) is 0 Å². The van der Waals surface area contributed by atoms with Crippen LogP contribution in [0.5, 0.6) is 0 Å². The third kappa shape index (κ3) is 10.8. The van der Waals surface area contributed by atoms with Crippen molar-refractivity contribution in [3.63, 3.8) is 0 Å². The van der Waals surface area contributed by atoms with E-state index in [9.17, 15) is 4.79 Å². The second kappa shape index (κ2) is 13.5. The van der Waals surface area contributed by atoms with Gasteiger partial charge in [0, 0.05) is 38.8 Å². The van der Waals surface area contributed by atoms with Gasteiger partial charge in [0.15, 0.2) is 0 Å². The number of ether oxygens (including phenoxy) is 2. The maximum Gasteiger partial charge on any atom is 0.248 e. The molecule has 0 aliphatic carbocycles. The Morgan fingerprint density at radius 3 is 2.12 bits per heavy atom. The quantitative estimate of drug-likeness (QED) is 0.475. The molecule has 1 saturated heterocycles. The summed E-state index contributed by atoms with van der Waals surface area (Å²) in [6, 6.07) is 0.556. The van der Waals surface area contributed by atoms with Crippen molar-refractivity contribution in [3.05, 3.63) is 0 Å². The zero-order valence-electron chi connectivity index (χ0n) is 17.0. The first-order chi connectivity index (χ1) is 12.0. The van der Waals surface area contributed by atoms with Gasteiger partial charge in [0.1, 0.15) is 6.61 Å². The second-order valence-electron chi connectivity index (χ2n) is 7.77. The number of nitrogens with zero attached hydrogens (tertiary/aromatic N) is 2. The van der Waals surface area contributed by atoms with Crippen LogP contribution in [0, 0.1) is 5.92 Å². The molecule has 5 nitrogen and oxygen atoms in total. The highest BCUT2D eigenvalue weighted by atomic mass is 16.5. The minimum atomic E-state index is 0.105. The Morgan fingerprint density at radius 1 is 0.840 bits per heavy atom. The number of unbranched alkanes of at least 4 members (excludes halogenated alkanes) is 3. The van der Waals surface area contributed by atoms with E-state index in [1.165, 1.54) is 25.7 Å².